The number of ether oxygens (including phenoxy) is 2. The molecule has 2 saturated heterocycles. The van der Waals surface area contributed by atoms with Crippen LogP contribution in [0.4, 0.5) is 10.2 Å². The van der Waals surface area contributed by atoms with E-state index in [4.69, 9.17) is 14.5 Å². The molecule has 192 valence electrons. The van der Waals surface area contributed by atoms with Gasteiger partial charge in [0.1, 0.15) is 11.6 Å². The molecule has 10 nitrogen and oxygen atoms in total. The van der Waals surface area contributed by atoms with E-state index in [0.717, 1.165) is 30.6 Å². The number of anilines is 1. The maximum absolute atomic E-state index is 15.3. The first-order valence-electron chi connectivity index (χ1n) is 12.4. The first kappa shape index (κ1) is 23.6. The monoisotopic (exact) mass is 505 g/mol. The molecule has 6 rings (SSSR count). The molecule has 1 aromatic carbocycles. The Morgan fingerprint density at radius 2 is 1.89 bits per heavy atom. The highest BCUT2D eigenvalue weighted by Crippen LogP contribution is 2.34. The molecular weight excluding hydrogens is 477 g/mol. The maximum atomic E-state index is 15.3. The average molecular weight is 506 g/mol. The Hall–Kier alpha value is -3.83. The minimum atomic E-state index is -0.410. The minimum absolute atomic E-state index is 0.105. The number of fused-ring (bicyclic) bond motifs is 1. The van der Waals surface area contributed by atoms with Gasteiger partial charge < -0.3 is 20.1 Å². The third kappa shape index (κ3) is 4.34. The molecule has 1 amide bonds. The van der Waals surface area contributed by atoms with Crippen molar-refractivity contribution in [3.63, 3.8) is 0 Å². The molecule has 2 N–H and O–H groups in total. The fraction of sp³-hybridized carbons (Fsp3) is 0.385. The van der Waals surface area contributed by atoms with Gasteiger partial charge in [-0.1, -0.05) is 0 Å². The maximum Gasteiger partial charge on any atom is 0.251 e. The van der Waals surface area contributed by atoms with Crippen molar-refractivity contribution in [2.75, 3.05) is 38.8 Å². The van der Waals surface area contributed by atoms with Crippen LogP contribution in [0.3, 0.4) is 0 Å². The SMILES string of the molecule is CNC(=O)c1cc(C)c(F)c(-c2cnn3cc(-c4cnn(C5CCOC5)c4)c(N[C@H]4CCOC4)nc23)c1. The van der Waals surface area contributed by atoms with Gasteiger partial charge >= 0.3 is 0 Å². The summed E-state index contributed by atoms with van der Waals surface area (Å²) in [5, 5.41) is 15.2. The number of nitrogens with zero attached hydrogens (tertiary/aromatic N) is 5. The third-order valence-corrected chi connectivity index (χ3v) is 6.99. The van der Waals surface area contributed by atoms with Crippen molar-refractivity contribution >= 4 is 17.4 Å². The standard InChI is InChI=1S/C26H28FN7O3/c1-15-7-16(26(35)28-2)8-20(23(15)27)21-10-30-34-12-22(17-9-29-33(11-17)19-4-6-37-14-19)24(32-25(21)34)31-18-3-5-36-13-18/h7-12,18-19H,3-6,13-14H2,1-2H3,(H,28,35)(H,31,32)/t18-,19?/m0/s1. The van der Waals surface area contributed by atoms with Gasteiger partial charge in [0.05, 0.1) is 37.7 Å². The quantitative estimate of drug-likeness (QED) is 0.414. The van der Waals surface area contributed by atoms with Crippen LogP contribution < -0.4 is 10.6 Å². The lowest BCUT2D eigenvalue weighted by Gasteiger charge is -2.16. The lowest BCUT2D eigenvalue weighted by molar-refractivity contribution is 0.0963. The number of aromatic nitrogens is 5. The predicted octanol–water partition coefficient (Wildman–Crippen LogP) is 3.23. The number of aryl methyl sites for hydroxylation is 1. The minimum Gasteiger partial charge on any atom is -0.379 e. The summed E-state index contributed by atoms with van der Waals surface area (Å²) < 4.78 is 30.0. The molecule has 2 fully saturated rings. The van der Waals surface area contributed by atoms with Crippen LogP contribution in [0, 0.1) is 12.7 Å². The van der Waals surface area contributed by atoms with E-state index in [-0.39, 0.29) is 23.6 Å². The fourth-order valence-corrected chi connectivity index (χ4v) is 4.91. The van der Waals surface area contributed by atoms with Crippen LogP contribution in [0.15, 0.2) is 36.9 Å². The summed E-state index contributed by atoms with van der Waals surface area (Å²) in [4.78, 5) is 17.2. The number of hydrogen-bond donors (Lipinski definition) is 2. The molecule has 3 aromatic heterocycles. The van der Waals surface area contributed by atoms with Gasteiger partial charge in [0.25, 0.3) is 5.91 Å². The zero-order valence-corrected chi connectivity index (χ0v) is 20.7. The second-order valence-corrected chi connectivity index (χ2v) is 9.49. The molecule has 2 aliphatic heterocycles. The molecule has 37 heavy (non-hydrogen) atoms. The Bertz CT molecular complexity index is 1470. The molecule has 1 unspecified atom stereocenters. The number of nitrogens with one attached hydrogen (secondary N) is 2. The normalized spacial score (nSPS) is 19.5. The van der Waals surface area contributed by atoms with Gasteiger partial charge in [0.15, 0.2) is 5.65 Å². The molecule has 0 spiro atoms. The molecule has 4 aromatic rings. The molecule has 0 radical (unpaired) electrons. The number of rotatable bonds is 6. The van der Waals surface area contributed by atoms with Gasteiger partial charge in [-0.15, -0.1) is 0 Å². The predicted molar refractivity (Wildman–Crippen MR) is 135 cm³/mol. The highest BCUT2D eigenvalue weighted by atomic mass is 19.1. The Morgan fingerprint density at radius 1 is 1.05 bits per heavy atom. The van der Waals surface area contributed by atoms with E-state index in [1.54, 1.807) is 30.8 Å². The fourth-order valence-electron chi connectivity index (χ4n) is 4.91. The lowest BCUT2D eigenvalue weighted by Crippen LogP contribution is -2.20. The molecule has 0 bridgehead atoms. The summed E-state index contributed by atoms with van der Waals surface area (Å²) in [6.07, 6.45) is 9.06. The molecule has 5 heterocycles. The van der Waals surface area contributed by atoms with Crippen molar-refractivity contribution < 1.29 is 18.7 Å². The van der Waals surface area contributed by atoms with E-state index in [1.165, 1.54) is 6.07 Å². The van der Waals surface area contributed by atoms with Crippen LogP contribution >= 0.6 is 0 Å². The van der Waals surface area contributed by atoms with Crippen molar-refractivity contribution in [3.8, 4) is 22.3 Å². The van der Waals surface area contributed by atoms with E-state index in [2.05, 4.69) is 20.8 Å². The van der Waals surface area contributed by atoms with E-state index in [0.29, 0.717) is 48.0 Å². The lowest BCUT2D eigenvalue weighted by atomic mass is 10.0. The number of halogens is 1. The van der Waals surface area contributed by atoms with Crippen molar-refractivity contribution in [2.24, 2.45) is 0 Å². The Morgan fingerprint density at radius 3 is 2.65 bits per heavy atom. The number of carbonyl (C=O) groups excluding carboxylic acids is 1. The summed E-state index contributed by atoms with van der Waals surface area (Å²) in [7, 11) is 1.55. The summed E-state index contributed by atoms with van der Waals surface area (Å²) in [5.74, 6) is -0.0527. The van der Waals surface area contributed by atoms with Gasteiger partial charge in [-0.2, -0.15) is 10.2 Å². The van der Waals surface area contributed by atoms with Crippen molar-refractivity contribution in [1.82, 2.24) is 29.7 Å². The number of carbonyl (C=O) groups is 1. The highest BCUT2D eigenvalue weighted by Gasteiger charge is 2.24. The summed E-state index contributed by atoms with van der Waals surface area (Å²) in [6.45, 7) is 4.28. The van der Waals surface area contributed by atoms with E-state index < -0.39 is 5.82 Å². The topological polar surface area (TPSA) is 108 Å². The van der Waals surface area contributed by atoms with E-state index >= 15 is 4.39 Å². The Labute approximate surface area is 212 Å². The summed E-state index contributed by atoms with van der Waals surface area (Å²) >= 11 is 0. The van der Waals surface area contributed by atoms with Crippen LogP contribution in [0.25, 0.3) is 27.9 Å². The highest BCUT2D eigenvalue weighted by molar-refractivity contribution is 5.96. The Kier molecular flexibility index (Phi) is 6.09. The van der Waals surface area contributed by atoms with Crippen LogP contribution in [-0.4, -0.2) is 69.8 Å². The molecule has 2 atom stereocenters. The van der Waals surface area contributed by atoms with Crippen molar-refractivity contribution in [2.45, 2.75) is 31.8 Å². The largest absolute Gasteiger partial charge is 0.379 e. The third-order valence-electron chi connectivity index (χ3n) is 6.99. The number of hydrogen-bond acceptors (Lipinski definition) is 7. The van der Waals surface area contributed by atoms with Crippen molar-refractivity contribution in [3.05, 3.63) is 53.9 Å². The van der Waals surface area contributed by atoms with Gasteiger partial charge in [-0.05, 0) is 37.5 Å². The second-order valence-electron chi connectivity index (χ2n) is 9.49. The zero-order chi connectivity index (χ0) is 25.5. The molecule has 2 aliphatic rings. The zero-order valence-electron chi connectivity index (χ0n) is 20.7. The van der Waals surface area contributed by atoms with Gasteiger partial charge in [0, 0.05) is 60.5 Å². The van der Waals surface area contributed by atoms with Crippen LogP contribution in [-0.2, 0) is 9.47 Å². The summed E-state index contributed by atoms with van der Waals surface area (Å²) in [6, 6.07) is 3.39. The van der Waals surface area contributed by atoms with Crippen LogP contribution in [0.5, 0.6) is 0 Å². The number of benzene rings is 1. The first-order chi connectivity index (χ1) is 18.0. The first-order valence-corrected chi connectivity index (χ1v) is 12.4. The molecular formula is C26H28FN7O3. The van der Waals surface area contributed by atoms with E-state index in [9.17, 15) is 4.79 Å². The Balaban J connectivity index is 1.47. The van der Waals surface area contributed by atoms with Gasteiger partial charge in [-0.3, -0.25) is 9.48 Å². The number of amides is 1. The smallest absolute Gasteiger partial charge is 0.251 e. The molecule has 11 heteroatoms. The average Bonchev–Trinajstić information content (AvgIpc) is 3.72. The van der Waals surface area contributed by atoms with Crippen molar-refractivity contribution in [1.29, 1.82) is 0 Å². The van der Waals surface area contributed by atoms with Gasteiger partial charge in [0.2, 0.25) is 0 Å². The second kappa shape index (κ2) is 9.56. The van der Waals surface area contributed by atoms with Crippen LogP contribution in [0.1, 0.15) is 34.8 Å². The molecule has 0 aliphatic carbocycles. The van der Waals surface area contributed by atoms with Gasteiger partial charge in [-0.25, -0.2) is 13.9 Å². The van der Waals surface area contributed by atoms with Crippen LogP contribution in [0.2, 0.25) is 0 Å². The summed E-state index contributed by atoms with van der Waals surface area (Å²) in [5.41, 5.74) is 3.72. The van der Waals surface area contributed by atoms with E-state index in [1.807, 2.05) is 23.3 Å². The molecule has 0 saturated carbocycles.